The first-order valence-electron chi connectivity index (χ1n) is 47.6. The predicted molar refractivity (Wildman–Crippen MR) is 573 cm³/mol. The van der Waals surface area contributed by atoms with Gasteiger partial charge < -0.3 is 35.1 Å². The van der Waals surface area contributed by atoms with Crippen molar-refractivity contribution in [2.75, 3.05) is 62.2 Å². The number of hydrogen-bond acceptors (Lipinski definition) is 11. The summed E-state index contributed by atoms with van der Waals surface area (Å²) >= 11 is 10.4. The molecule has 8 rings (SSSR count). The van der Waals surface area contributed by atoms with Crippen LogP contribution in [0.25, 0.3) is 4.85 Å². The summed E-state index contributed by atoms with van der Waals surface area (Å²) < 4.78 is 65.1. The predicted octanol–water partition coefficient (Wildman–Crippen LogP) is 25.6. The molecule has 719 valence electrons. The summed E-state index contributed by atoms with van der Waals surface area (Å²) in [6.45, 7) is 44.0. The second kappa shape index (κ2) is 63.2. The van der Waals surface area contributed by atoms with Gasteiger partial charge in [0.05, 0.1) is 59.1 Å². The first-order valence-corrected chi connectivity index (χ1v) is 52.8. The maximum atomic E-state index is 14.3. The van der Waals surface area contributed by atoms with Gasteiger partial charge in [0.15, 0.2) is 0 Å². The van der Waals surface area contributed by atoms with Crippen molar-refractivity contribution in [3.63, 3.8) is 0 Å². The zero-order valence-corrected chi connectivity index (χ0v) is 91.2. The van der Waals surface area contributed by atoms with Gasteiger partial charge in [0, 0.05) is 112 Å². The fourth-order valence-corrected chi connectivity index (χ4v) is 20.7. The zero-order chi connectivity index (χ0) is 97.2. The van der Waals surface area contributed by atoms with Gasteiger partial charge >= 0.3 is 29.7 Å². The van der Waals surface area contributed by atoms with Gasteiger partial charge in [0.2, 0.25) is 0 Å². The molecule has 0 aliphatic rings. The Morgan fingerprint density at radius 3 is 0.863 bits per heavy atom. The molecule has 131 heavy (non-hydrogen) atoms. The Morgan fingerprint density at radius 1 is 0.382 bits per heavy atom. The van der Waals surface area contributed by atoms with Crippen LogP contribution in [0, 0.1) is 62.0 Å². The van der Waals surface area contributed by atoms with Crippen molar-refractivity contribution < 1.29 is 73.3 Å². The Kier molecular flexibility index (Phi) is 57.3. The van der Waals surface area contributed by atoms with Gasteiger partial charge in [-0.05, 0) is 210 Å². The number of benzene rings is 8. The second-order valence-electron chi connectivity index (χ2n) is 38.0. The first kappa shape index (κ1) is 119. The molecule has 12 nitrogen and oxygen atoms in total. The quantitative estimate of drug-likeness (QED) is 0.00828. The largest absolute Gasteiger partial charge is 1.00 e. The molecule has 0 aromatic heterocycles. The Morgan fingerprint density at radius 2 is 0.611 bits per heavy atom. The van der Waals surface area contributed by atoms with E-state index in [9.17, 15) is 33.3 Å². The normalized spacial score (nSPS) is 15.3. The fraction of sp³-hybridized carbons (Fsp3) is 0.536. The van der Waals surface area contributed by atoms with E-state index in [0.29, 0.717) is 57.9 Å². The maximum absolute atomic E-state index is 14.3. The summed E-state index contributed by atoms with van der Waals surface area (Å²) in [5.74, 6) is 0.209. The van der Waals surface area contributed by atoms with Gasteiger partial charge in [0.25, 0.3) is 9.84 Å². The Balaban J connectivity index is 0.00000176. The molecule has 0 bridgehead atoms. The van der Waals surface area contributed by atoms with E-state index >= 15 is 0 Å². The van der Waals surface area contributed by atoms with E-state index < -0.39 is 20.1 Å². The molecule has 0 fully saturated rings. The molecule has 11 atom stereocenters. The van der Waals surface area contributed by atoms with Crippen LogP contribution in [0.4, 0.5) is 0 Å². The third-order valence-corrected chi connectivity index (χ3v) is 30.9. The minimum atomic E-state index is -3.93. The van der Waals surface area contributed by atoms with Gasteiger partial charge in [-0.15, -0.1) is 0 Å². The molecule has 0 aliphatic heterocycles. The Labute approximate surface area is 845 Å². The Bertz CT molecular complexity index is 4630. The molecule has 11 unspecified atom stereocenters. The number of sulfone groups is 1. The molecule has 0 amide bonds. The molecule has 0 saturated heterocycles. The molecule has 0 spiro atoms. The topological polar surface area (TPSA) is 170 Å². The number of unbranched alkanes of at least 4 members (excludes halogenated alkanes) is 7. The average Bonchev–Trinajstić information content (AvgIpc) is 0.766. The van der Waals surface area contributed by atoms with Crippen LogP contribution in [-0.2, 0) is 75.6 Å². The number of hydrogen-bond donors (Lipinski definition) is 3. The first-order chi connectivity index (χ1) is 62.3. The van der Waals surface area contributed by atoms with E-state index in [-0.39, 0.29) is 125 Å². The van der Waals surface area contributed by atoms with Crippen molar-refractivity contribution in [1.82, 2.24) is 0 Å². The average molecular weight is 2060 g/mol. The van der Waals surface area contributed by atoms with Gasteiger partial charge in [-0.3, -0.25) is 14.4 Å². The molecule has 8 aromatic rings. The van der Waals surface area contributed by atoms with Gasteiger partial charge in [0.1, 0.15) is 5.78 Å². The zero-order valence-electron chi connectivity index (χ0n) is 85.5. The molecule has 0 aliphatic carbocycles. The molecule has 3 radical (unpaired) electrons. The summed E-state index contributed by atoms with van der Waals surface area (Å²) in [4.78, 5) is 27.3. The number of aliphatic hydroxyl groups is 3. The van der Waals surface area contributed by atoms with Crippen molar-refractivity contribution in [3.05, 3.63) is 289 Å². The molecule has 21 heteroatoms. The van der Waals surface area contributed by atoms with Crippen molar-refractivity contribution in [1.29, 1.82) is 2.56 Å². The minimum Gasteiger partial charge on any atom is -1.00 e. The molecule has 0 heterocycles. The van der Waals surface area contributed by atoms with Crippen LogP contribution >= 0.6 is 76.1 Å². The number of carbonyl (C=O) groups is 2. The van der Waals surface area contributed by atoms with Gasteiger partial charge in [-0.2, -0.15) is 0 Å². The second-order valence-corrected chi connectivity index (χ2v) is 43.5. The number of halogens is 3. The number of nitrogens with zero attached hydrogens (tertiary/aromatic N) is 1. The number of rotatable bonds is 54. The summed E-state index contributed by atoms with van der Waals surface area (Å²) in [5.41, 5.74) is 16.2. The van der Waals surface area contributed by atoms with E-state index in [4.69, 9.17) is 27.4 Å². The van der Waals surface area contributed by atoms with E-state index in [0.717, 1.165) is 147 Å². The molecular weight excluding hydrogens is 1890 g/mol. The van der Waals surface area contributed by atoms with Gasteiger partial charge in [-0.25, -0.2) is 15.0 Å². The minimum absolute atomic E-state index is 0. The third kappa shape index (κ3) is 40.5. The monoisotopic (exact) mass is 2060 g/mol. The molecule has 3 N–H and O–H groups in total. The summed E-state index contributed by atoms with van der Waals surface area (Å²) in [6.07, 6.45) is 21.2. The summed E-state index contributed by atoms with van der Waals surface area (Å²) in [7, 11) is -2.10. The Hall–Kier alpha value is -4.51. The standard InChI is InChI=1S/C37H51NO4P2S.C29H42O3.C16H23BrO2.C14H22BrOP.C14H21BrO.B.Li.H2.H/c1-29-11-17-32(18-12-29)35(4,27-41-43)23-7-9-25-37(38-6,45(39,40)34-21-15-31(3)16-22-34)26-10-8-24-36(5,28-42-44)33-19-13-30(2)14-20-33;1-23-11-15-25(16-12-23)28(3,21-30)19-7-5-9-27(32)10-6-8-20-29(4,22-31)26-17-13-24(2)14-18-26;1-4-19-15(18)16(3,11-5-6-12-17)14-9-7-13(2)8-10-14;1-12-5-7-13(8-6-12)14(2,11-16-17)9-3-4-10-15;1-12-5-7-13(8-6-12)14(2,11-16)9-3-4-10-15;;;;/h11-22H,7-10,23-28,43-44H2,1-5H3;11-18,30-31H,5-10,19-22H2,1-4H3;7-10H,4-6,11-12H2,1-3H3;5-8H,3-4,9-11,17H2,1-2H3;5-8,16H,3-4,9-11H2,1-2H3;;;1H;/q;;;;;;+1;;-1/i43T;;;17T;;;;1+2;. The summed E-state index contributed by atoms with van der Waals surface area (Å²) in [5, 5.41) is 32.6. The van der Waals surface area contributed by atoms with E-state index in [1.54, 1.807) is 24.3 Å². The van der Waals surface area contributed by atoms with Crippen molar-refractivity contribution in [2.24, 2.45) is 0 Å². The smallest absolute Gasteiger partial charge is 1.00 e. The SMILES string of the molecule is CCOC(=O)C(C)(CCCCBr)c1ccc(C)cc1.Cc1ccc(C(C)(CO)CCCCBr)cc1.Cc1ccc(C(C)(CO)CCCCC(=O)CCCCC(C)(CO)c2ccc(C)cc2)cc1.[3HH].[3H]POCC(C)(CCCCBr)c1ccc(C)cc1.[3H]POCC(C)(CCCCC(CCCCC(C)(COP)c1ccc(C)cc1)([N+]#[C-])S(=O)(=O)c1ccc(C)cc1)c1ccc(C)cc1.[B].[H-].[Li+]. The van der Waals surface area contributed by atoms with Gasteiger partial charge in [-0.1, -0.05) is 361 Å². The number of ether oxygens (including phenoxy) is 1. The number of aryl methyl sites for hydroxylation is 8. The van der Waals surface area contributed by atoms with Crippen LogP contribution in [0.2, 0.25) is 0 Å². The van der Waals surface area contributed by atoms with Crippen LogP contribution in [0.15, 0.2) is 199 Å². The molecule has 0 saturated carbocycles. The van der Waals surface area contributed by atoms with Crippen LogP contribution < -0.4 is 18.9 Å². The van der Waals surface area contributed by atoms with Crippen LogP contribution in [-0.4, -0.2) is 114 Å². The van der Waals surface area contributed by atoms with Crippen molar-refractivity contribution in [2.45, 2.75) is 319 Å². The number of ketones is 1. The van der Waals surface area contributed by atoms with Crippen LogP contribution in [0.1, 0.15) is 302 Å². The van der Waals surface area contributed by atoms with E-state index in [1.807, 2.05) is 32.9 Å². The maximum Gasteiger partial charge on any atom is 1.00 e. The van der Waals surface area contributed by atoms with Crippen LogP contribution in [0.3, 0.4) is 0 Å². The fourth-order valence-electron chi connectivity index (χ4n) is 16.6. The van der Waals surface area contributed by atoms with Crippen LogP contribution in [0.5, 0.6) is 0 Å². The number of alkyl halides is 3. The van der Waals surface area contributed by atoms with E-state index in [1.165, 1.54) is 74.9 Å². The summed E-state index contributed by atoms with van der Waals surface area (Å²) in [6, 6.07) is 66.0. The van der Waals surface area contributed by atoms with Crippen molar-refractivity contribution >= 4 is 106 Å². The van der Waals surface area contributed by atoms with Crippen molar-refractivity contribution in [3.8, 4) is 0 Å². The number of carbonyl (C=O) groups excluding carboxylic acids is 2. The molecule has 8 aromatic carbocycles. The third-order valence-electron chi connectivity index (χ3n) is 26.4. The number of aliphatic hydroxyl groups excluding tert-OH is 3. The number of esters is 1. The number of Topliss-reactive ketones (excluding diaryl/α,β-unsaturated/α-hetero) is 1. The molecular formula is C110H162BBr3LiNO11P3S. The van der Waals surface area contributed by atoms with E-state index in [2.05, 4.69) is 310 Å².